The van der Waals surface area contributed by atoms with Gasteiger partial charge in [-0.25, -0.2) is 0 Å². The van der Waals surface area contributed by atoms with Crippen molar-refractivity contribution in [3.05, 3.63) is 23.5 Å². The highest BCUT2D eigenvalue weighted by Gasteiger charge is 2.53. The van der Waals surface area contributed by atoms with Crippen molar-refractivity contribution in [2.75, 3.05) is 13.7 Å². The summed E-state index contributed by atoms with van der Waals surface area (Å²) in [6, 6.07) is 1.07. The quantitative estimate of drug-likeness (QED) is 0.519. The number of ketones is 1. The third-order valence-electron chi connectivity index (χ3n) is 2.89. The van der Waals surface area contributed by atoms with Crippen LogP contribution in [-0.4, -0.2) is 48.0 Å². The largest absolute Gasteiger partial charge is 0.413 e. The SMILES string of the molecule is COCC(C)(NC(=O)C(=O)c1cc[nH]c1C(N)=O)C(F)(F)F. The maximum absolute atomic E-state index is 13.0. The summed E-state index contributed by atoms with van der Waals surface area (Å²) in [6.07, 6.45) is -3.68. The van der Waals surface area contributed by atoms with Gasteiger partial charge in [-0.2, -0.15) is 13.2 Å². The zero-order valence-electron chi connectivity index (χ0n) is 11.7. The Morgan fingerprint density at radius 1 is 1.36 bits per heavy atom. The minimum absolute atomic E-state index is 0.361. The number of Topliss-reactive ketones (excluding diaryl/α,β-unsaturated/α-hetero) is 1. The maximum atomic E-state index is 13.0. The molecule has 1 heterocycles. The molecule has 0 aromatic carbocycles. The van der Waals surface area contributed by atoms with Crippen molar-refractivity contribution < 1.29 is 32.3 Å². The van der Waals surface area contributed by atoms with E-state index in [1.807, 2.05) is 0 Å². The predicted molar refractivity (Wildman–Crippen MR) is 68.1 cm³/mol. The normalized spacial score (nSPS) is 14.2. The molecule has 1 atom stereocenters. The summed E-state index contributed by atoms with van der Waals surface area (Å²) in [5.74, 6) is -3.86. The molecule has 0 aliphatic heterocycles. The second-order valence-electron chi connectivity index (χ2n) is 4.68. The standard InChI is InChI=1S/C12H14F3N3O4/c1-11(5-22-2,12(13,14)15)18-10(21)8(19)6-3-4-17-7(6)9(16)20/h3-4,17H,5H2,1-2H3,(H2,16,20)(H,18,21). The first-order valence-electron chi connectivity index (χ1n) is 5.93. The number of alkyl halides is 3. The van der Waals surface area contributed by atoms with Crippen molar-refractivity contribution in [1.82, 2.24) is 10.3 Å². The van der Waals surface area contributed by atoms with Crippen LogP contribution in [0.3, 0.4) is 0 Å². The van der Waals surface area contributed by atoms with Crippen LogP contribution in [-0.2, 0) is 9.53 Å². The number of nitrogens with one attached hydrogen (secondary N) is 2. The molecule has 122 valence electrons. The van der Waals surface area contributed by atoms with Crippen LogP contribution in [0.25, 0.3) is 0 Å². The van der Waals surface area contributed by atoms with Crippen molar-refractivity contribution in [1.29, 1.82) is 0 Å². The van der Waals surface area contributed by atoms with Crippen LogP contribution >= 0.6 is 0 Å². The average molecular weight is 321 g/mol. The molecular weight excluding hydrogens is 307 g/mol. The van der Waals surface area contributed by atoms with Gasteiger partial charge in [-0.3, -0.25) is 14.4 Å². The Bertz CT molecular complexity index is 597. The van der Waals surface area contributed by atoms with Crippen LogP contribution in [0.4, 0.5) is 13.2 Å². The maximum Gasteiger partial charge on any atom is 0.413 e. The van der Waals surface area contributed by atoms with Crippen molar-refractivity contribution >= 4 is 17.6 Å². The topological polar surface area (TPSA) is 114 Å². The molecule has 0 aliphatic carbocycles. The molecule has 0 saturated heterocycles. The number of aromatic nitrogens is 1. The van der Waals surface area contributed by atoms with Crippen molar-refractivity contribution in [3.8, 4) is 0 Å². The van der Waals surface area contributed by atoms with Gasteiger partial charge in [-0.15, -0.1) is 0 Å². The second kappa shape index (κ2) is 6.18. The Balaban J connectivity index is 3.03. The van der Waals surface area contributed by atoms with Crippen LogP contribution in [0.2, 0.25) is 0 Å². The molecule has 4 N–H and O–H groups in total. The van der Waals surface area contributed by atoms with Crippen LogP contribution in [0.15, 0.2) is 12.3 Å². The number of ether oxygens (including phenoxy) is 1. The van der Waals surface area contributed by atoms with Gasteiger partial charge in [0.25, 0.3) is 17.6 Å². The summed E-state index contributed by atoms with van der Waals surface area (Å²) < 4.78 is 43.4. The lowest BCUT2D eigenvalue weighted by atomic mass is 10.0. The first-order valence-corrected chi connectivity index (χ1v) is 5.93. The van der Waals surface area contributed by atoms with Gasteiger partial charge in [0, 0.05) is 13.3 Å². The Morgan fingerprint density at radius 2 is 1.95 bits per heavy atom. The summed E-state index contributed by atoms with van der Waals surface area (Å²) in [6.45, 7) is -0.209. The van der Waals surface area contributed by atoms with E-state index in [-0.39, 0.29) is 5.69 Å². The smallest absolute Gasteiger partial charge is 0.382 e. The number of H-pyrrole nitrogens is 1. The molecular formula is C12H14F3N3O4. The molecule has 0 spiro atoms. The van der Waals surface area contributed by atoms with Gasteiger partial charge in [0.2, 0.25) is 0 Å². The summed E-state index contributed by atoms with van der Waals surface area (Å²) in [7, 11) is 1.02. The minimum atomic E-state index is -4.84. The zero-order valence-corrected chi connectivity index (χ0v) is 11.7. The molecule has 1 aromatic heterocycles. The molecule has 7 nitrogen and oxygen atoms in total. The molecule has 1 aromatic rings. The highest BCUT2D eigenvalue weighted by molar-refractivity contribution is 6.44. The van der Waals surface area contributed by atoms with Crippen LogP contribution in [0.5, 0.6) is 0 Å². The van der Waals surface area contributed by atoms with E-state index in [2.05, 4.69) is 9.72 Å². The molecule has 10 heteroatoms. The number of carbonyl (C=O) groups is 3. The summed E-state index contributed by atoms with van der Waals surface area (Å²) in [5, 5.41) is 1.58. The molecule has 1 unspecified atom stereocenters. The van der Waals surface area contributed by atoms with E-state index in [1.165, 1.54) is 6.20 Å². The van der Waals surface area contributed by atoms with Crippen LogP contribution in [0.1, 0.15) is 27.8 Å². The van der Waals surface area contributed by atoms with Gasteiger partial charge < -0.3 is 20.8 Å². The third-order valence-corrected chi connectivity index (χ3v) is 2.89. The Morgan fingerprint density at radius 3 is 2.41 bits per heavy atom. The van der Waals surface area contributed by atoms with Crippen molar-refractivity contribution in [2.45, 2.75) is 18.6 Å². The molecule has 0 aliphatic rings. The fourth-order valence-electron chi connectivity index (χ4n) is 1.67. The molecule has 22 heavy (non-hydrogen) atoms. The second-order valence-corrected chi connectivity index (χ2v) is 4.68. The third kappa shape index (κ3) is 3.45. The summed E-state index contributed by atoms with van der Waals surface area (Å²) in [5.41, 5.74) is 1.46. The number of nitrogens with two attached hydrogens (primary N) is 1. The predicted octanol–water partition coefficient (Wildman–Crippen LogP) is 0.380. The lowest BCUT2D eigenvalue weighted by molar-refractivity contribution is -0.204. The lowest BCUT2D eigenvalue weighted by Crippen LogP contribution is -2.60. The van der Waals surface area contributed by atoms with Gasteiger partial charge in [-0.05, 0) is 13.0 Å². The fourth-order valence-corrected chi connectivity index (χ4v) is 1.67. The van der Waals surface area contributed by atoms with E-state index < -0.39 is 41.5 Å². The molecule has 2 amide bonds. The number of halogens is 3. The first kappa shape index (κ1) is 17.7. The fraction of sp³-hybridized carbons (Fsp3) is 0.417. The number of hydrogen-bond donors (Lipinski definition) is 3. The molecule has 0 fully saturated rings. The van der Waals surface area contributed by atoms with E-state index >= 15 is 0 Å². The number of hydrogen-bond acceptors (Lipinski definition) is 4. The van der Waals surface area contributed by atoms with Gasteiger partial charge in [0.1, 0.15) is 5.69 Å². The van der Waals surface area contributed by atoms with E-state index in [0.29, 0.717) is 6.92 Å². The van der Waals surface area contributed by atoms with Gasteiger partial charge in [0.05, 0.1) is 12.2 Å². The number of primary amides is 1. The van der Waals surface area contributed by atoms with E-state index in [0.717, 1.165) is 13.2 Å². The highest BCUT2D eigenvalue weighted by Crippen LogP contribution is 2.30. The molecule has 1 rings (SSSR count). The number of amides is 2. The monoisotopic (exact) mass is 321 g/mol. The lowest BCUT2D eigenvalue weighted by Gasteiger charge is -2.31. The Hall–Kier alpha value is -2.36. The van der Waals surface area contributed by atoms with Gasteiger partial charge in [0.15, 0.2) is 5.54 Å². The Kier molecular flexibility index (Phi) is 4.97. The van der Waals surface area contributed by atoms with E-state index in [9.17, 15) is 27.6 Å². The zero-order chi connectivity index (χ0) is 17.1. The highest BCUT2D eigenvalue weighted by atomic mass is 19.4. The van der Waals surface area contributed by atoms with Gasteiger partial charge >= 0.3 is 6.18 Å². The van der Waals surface area contributed by atoms with Crippen LogP contribution in [0, 0.1) is 0 Å². The molecule has 0 saturated carbocycles. The number of carbonyl (C=O) groups excluding carboxylic acids is 3. The molecule has 0 bridgehead atoms. The molecule has 0 radical (unpaired) electrons. The summed E-state index contributed by atoms with van der Waals surface area (Å²) in [4.78, 5) is 37.1. The first-order chi connectivity index (χ1) is 10.0. The number of methoxy groups -OCH3 is 1. The Labute approximate surface area is 123 Å². The van der Waals surface area contributed by atoms with Crippen LogP contribution < -0.4 is 11.1 Å². The van der Waals surface area contributed by atoms with E-state index in [4.69, 9.17) is 5.73 Å². The average Bonchev–Trinajstić information content (AvgIpc) is 2.85. The van der Waals surface area contributed by atoms with Crippen molar-refractivity contribution in [3.63, 3.8) is 0 Å². The minimum Gasteiger partial charge on any atom is -0.382 e. The number of rotatable bonds is 6. The summed E-state index contributed by atoms with van der Waals surface area (Å²) >= 11 is 0. The van der Waals surface area contributed by atoms with E-state index in [1.54, 1.807) is 5.32 Å². The van der Waals surface area contributed by atoms with Gasteiger partial charge in [-0.1, -0.05) is 0 Å². The number of aromatic amines is 1. The van der Waals surface area contributed by atoms with Crippen molar-refractivity contribution in [2.24, 2.45) is 5.73 Å².